The molecular formula is C51H66BCs2IN10O7. The first-order valence-electron chi connectivity index (χ1n) is 23.8. The molecule has 2 aromatic carbocycles. The van der Waals surface area contributed by atoms with Crippen molar-refractivity contribution in [1.82, 2.24) is 49.0 Å². The third kappa shape index (κ3) is 12.7. The predicted octanol–water partition coefficient (Wildman–Crippen LogP) is 3.37. The minimum absolute atomic E-state index is 0. The third-order valence-electron chi connectivity index (χ3n) is 13.6. The van der Waals surface area contributed by atoms with Crippen LogP contribution in [0.5, 0.6) is 0 Å². The number of benzene rings is 2. The van der Waals surface area contributed by atoms with Crippen LogP contribution in [0.1, 0.15) is 126 Å². The Bertz CT molecular complexity index is 3090. The largest absolute Gasteiger partial charge is 1.00 e. The van der Waals surface area contributed by atoms with Crippen LogP contribution in [0.2, 0.25) is 0 Å². The van der Waals surface area contributed by atoms with Gasteiger partial charge < -0.3 is 39.1 Å². The first-order chi connectivity index (χ1) is 33.2. The van der Waals surface area contributed by atoms with E-state index in [0.29, 0.717) is 11.8 Å². The number of aryl methyl sites for hydroxylation is 10. The first kappa shape index (κ1) is 61.3. The zero-order valence-electron chi connectivity index (χ0n) is 46.3. The molecule has 7 heterocycles. The number of carbonyl (C=O) groups excluding carboxylic acids is 1. The van der Waals surface area contributed by atoms with Gasteiger partial charge in [-0.25, -0.2) is 9.97 Å². The van der Waals surface area contributed by atoms with Gasteiger partial charge in [0.2, 0.25) is 0 Å². The van der Waals surface area contributed by atoms with Gasteiger partial charge in [-0.05, 0) is 164 Å². The van der Waals surface area contributed by atoms with Crippen molar-refractivity contribution >= 4 is 63.8 Å². The molecule has 2 saturated carbocycles. The number of rotatable bonds is 7. The smallest absolute Gasteiger partial charge is 1.00 e. The summed E-state index contributed by atoms with van der Waals surface area (Å²) in [6, 6.07) is 8.77. The monoisotopic (exact) mass is 1330 g/mol. The molecule has 6 aromatic heterocycles. The van der Waals surface area contributed by atoms with Crippen LogP contribution in [0.15, 0.2) is 45.7 Å². The van der Waals surface area contributed by atoms with Gasteiger partial charge in [-0.15, -0.1) is 0 Å². The van der Waals surface area contributed by atoms with Crippen LogP contribution in [0.25, 0.3) is 55.6 Å². The van der Waals surface area contributed by atoms with E-state index in [-0.39, 0.29) is 164 Å². The summed E-state index contributed by atoms with van der Waals surface area (Å²) in [5.41, 5.74) is 15.6. The van der Waals surface area contributed by atoms with E-state index >= 15 is 0 Å². The quantitative estimate of drug-likeness (QED) is 0.0744. The molecule has 17 nitrogen and oxygen atoms in total. The molecule has 21 heteroatoms. The van der Waals surface area contributed by atoms with E-state index in [1.165, 1.54) is 51.9 Å². The molecule has 0 atom stereocenters. The number of aromatic nitrogens is 10. The second-order valence-corrected chi connectivity index (χ2v) is 20.3. The summed E-state index contributed by atoms with van der Waals surface area (Å²) in [5.74, 6) is 5.34. The standard InChI is InChI=1S/C21H23N5O.C16H16IN3O.C11H19BN2O2.C2H6.CH2O3.2Cs.H/c1-11-10-22-26(5)19(11)16-8-15(18-12(2)24-27-13(18)3)9-17-20(16)25(4)21(23-17)14-6-7-14;1-8-14(9(2)21-19-8)11-6-12(17)15-13(7-11)18-16(20(15)3)10-4-5-10;1-8-7-13-14(6)9(8)12-15-10(2,3)11(4,5)16-12;1-2;2-1-4-3;;;/h8-10,14H,6-7H2,1-5H3;6-7,10H,4-5H2,1-3H3;7H,1-6H3;1-2H3;1,3H;;;/q;;;;;2*+1;-1/p-1. The molecule has 0 spiro atoms. The fourth-order valence-corrected chi connectivity index (χ4v) is 10.1. The summed E-state index contributed by atoms with van der Waals surface area (Å²) in [6.45, 7) is 24.1. The fourth-order valence-electron chi connectivity index (χ4n) is 9.14. The molecule has 0 bridgehead atoms. The Hall–Kier alpha value is -1.53. The Balaban J connectivity index is 0.000000227. The molecule has 72 heavy (non-hydrogen) atoms. The van der Waals surface area contributed by atoms with E-state index in [0.717, 1.165) is 84.2 Å². The maximum Gasteiger partial charge on any atom is 1.00 e. The molecule has 0 amide bonds. The van der Waals surface area contributed by atoms with Crippen LogP contribution in [-0.4, -0.2) is 73.8 Å². The average Bonchev–Trinajstić information content (AvgIpc) is 4.10. The van der Waals surface area contributed by atoms with Crippen LogP contribution in [0.3, 0.4) is 0 Å². The average molecular weight is 1330 g/mol. The van der Waals surface area contributed by atoms with Crippen LogP contribution in [0.4, 0.5) is 0 Å². The van der Waals surface area contributed by atoms with Crippen LogP contribution in [0, 0.1) is 45.1 Å². The summed E-state index contributed by atoms with van der Waals surface area (Å²) in [5, 5.41) is 25.3. The summed E-state index contributed by atoms with van der Waals surface area (Å²) in [7, 11) is 7.84. The number of imidazole rings is 2. The van der Waals surface area contributed by atoms with Gasteiger partial charge in [0.1, 0.15) is 23.2 Å². The number of hydrogen-bond donors (Lipinski definition) is 0. The van der Waals surface area contributed by atoms with Gasteiger partial charge >= 0.3 is 145 Å². The summed E-state index contributed by atoms with van der Waals surface area (Å²) in [4.78, 5) is 21.1. The number of hydrogen-bond acceptors (Lipinski definition) is 13. The number of halogens is 1. The van der Waals surface area contributed by atoms with E-state index in [1.807, 2.05) is 84.3 Å². The summed E-state index contributed by atoms with van der Waals surface area (Å²) in [6.07, 6.45) is 8.75. The van der Waals surface area contributed by atoms with Crippen molar-refractivity contribution in [2.24, 2.45) is 28.2 Å². The number of nitrogens with zero attached hydrogens (tertiary/aromatic N) is 10. The van der Waals surface area contributed by atoms with E-state index in [4.69, 9.17) is 38.4 Å². The van der Waals surface area contributed by atoms with Crippen molar-refractivity contribution in [2.45, 2.75) is 132 Å². The van der Waals surface area contributed by atoms with Gasteiger partial charge in [0, 0.05) is 60.3 Å². The van der Waals surface area contributed by atoms with Gasteiger partial charge in [0.25, 0.3) is 6.47 Å². The Morgan fingerprint density at radius 1 is 0.708 bits per heavy atom. The van der Waals surface area contributed by atoms with Gasteiger partial charge in [0.05, 0.1) is 68.3 Å². The SMILES string of the molecule is CC.Cc1cnn(C)c1-c1cc(-c2c(C)noc2C)cc2nc(C3CC3)n(C)c12.Cc1cnn(C)c1B1OC(C)(C)C(C)(C)O1.Cc1noc(C)c1-c1cc(I)c2c(c1)nc(C1CC1)n2C.O=CO[O-].[Cs+].[Cs+].[H-]. The van der Waals surface area contributed by atoms with Crippen molar-refractivity contribution in [1.29, 1.82) is 0 Å². The molecule has 3 fully saturated rings. The Labute approximate surface area is 555 Å². The molecule has 0 radical (unpaired) electrons. The zero-order chi connectivity index (χ0) is 51.1. The molecule has 11 rings (SSSR count). The minimum atomic E-state index is -0.322. The number of fused-ring (bicyclic) bond motifs is 2. The normalized spacial score (nSPS) is 15.2. The molecule has 0 N–H and O–H groups in total. The van der Waals surface area contributed by atoms with Crippen molar-refractivity contribution < 1.29 is 173 Å². The molecule has 1 aliphatic heterocycles. The molecular weight excluding hydrogens is 1270 g/mol. The molecule has 0 unspecified atom stereocenters. The number of carbonyl (C=O) groups is 1. The van der Waals surface area contributed by atoms with E-state index < -0.39 is 0 Å². The first-order valence-corrected chi connectivity index (χ1v) is 24.8. The Morgan fingerprint density at radius 3 is 1.53 bits per heavy atom. The predicted molar refractivity (Wildman–Crippen MR) is 278 cm³/mol. The maximum atomic E-state index is 8.64. The molecule has 1 saturated heterocycles. The Morgan fingerprint density at radius 2 is 1.14 bits per heavy atom. The van der Waals surface area contributed by atoms with Gasteiger partial charge in [-0.2, -0.15) is 10.2 Å². The molecule has 374 valence electrons. The van der Waals surface area contributed by atoms with Crippen LogP contribution in [-0.2, 0) is 47.2 Å². The Kier molecular flexibility index (Phi) is 21.5. The van der Waals surface area contributed by atoms with Gasteiger partial charge in [-0.3, -0.25) is 14.2 Å². The summed E-state index contributed by atoms with van der Waals surface area (Å²) < 4.78 is 32.2. The summed E-state index contributed by atoms with van der Waals surface area (Å²) >= 11 is 2.40. The zero-order valence-corrected chi connectivity index (χ0v) is 60.0. The second-order valence-electron chi connectivity index (χ2n) is 19.1. The van der Waals surface area contributed by atoms with Crippen LogP contribution >= 0.6 is 22.6 Å². The van der Waals surface area contributed by atoms with Crippen molar-refractivity contribution in [2.75, 3.05) is 0 Å². The fraction of sp³-hybridized carbons (Fsp3) is 0.471. The van der Waals surface area contributed by atoms with Crippen molar-refractivity contribution in [3.05, 3.63) is 85.9 Å². The van der Waals surface area contributed by atoms with E-state index in [9.17, 15) is 0 Å². The second kappa shape index (κ2) is 25.3. The van der Waals surface area contributed by atoms with E-state index in [2.05, 4.69) is 130 Å². The molecule has 3 aliphatic rings. The molecule has 8 aromatic rings. The van der Waals surface area contributed by atoms with Gasteiger partial charge in [0.15, 0.2) is 0 Å². The topological polar surface area (TPSA) is 191 Å². The van der Waals surface area contributed by atoms with Crippen molar-refractivity contribution in [3.63, 3.8) is 0 Å². The van der Waals surface area contributed by atoms with E-state index in [1.54, 1.807) is 0 Å². The van der Waals surface area contributed by atoms with Gasteiger partial charge in [-0.1, -0.05) is 24.2 Å². The minimum Gasteiger partial charge on any atom is -1.00 e. The van der Waals surface area contributed by atoms with Crippen LogP contribution < -0.4 is 149 Å². The van der Waals surface area contributed by atoms with Crippen molar-refractivity contribution in [3.8, 4) is 33.5 Å². The maximum absolute atomic E-state index is 8.64. The third-order valence-corrected chi connectivity index (χ3v) is 14.4. The molecule has 2 aliphatic carbocycles.